The highest BCUT2D eigenvalue weighted by molar-refractivity contribution is 5.89. The van der Waals surface area contributed by atoms with Crippen molar-refractivity contribution in [2.75, 3.05) is 0 Å². The van der Waals surface area contributed by atoms with E-state index in [1.54, 1.807) is 36.4 Å². The van der Waals surface area contributed by atoms with Gasteiger partial charge in [-0.25, -0.2) is 9.18 Å². The van der Waals surface area contributed by atoms with Crippen molar-refractivity contribution in [3.8, 4) is 5.75 Å². The lowest BCUT2D eigenvalue weighted by Crippen LogP contribution is -2.13. The first kappa shape index (κ1) is 16.0. The monoisotopic (exact) mass is 302 g/mol. The van der Waals surface area contributed by atoms with Crippen LogP contribution >= 0.6 is 0 Å². The molecule has 0 aromatic heterocycles. The van der Waals surface area contributed by atoms with Gasteiger partial charge in [0.2, 0.25) is 0 Å². The summed E-state index contributed by atoms with van der Waals surface area (Å²) < 4.78 is 23.6. The molecular formula is C18H19FO3. The van der Waals surface area contributed by atoms with Gasteiger partial charge in [-0.15, -0.1) is 0 Å². The Bertz CT molecular complexity index is 605. The molecule has 0 fully saturated rings. The fraction of sp³-hybridized carbons (Fsp3) is 0.278. The first-order valence-corrected chi connectivity index (χ1v) is 7.26. The van der Waals surface area contributed by atoms with Gasteiger partial charge in [-0.2, -0.15) is 0 Å². The van der Waals surface area contributed by atoms with Crippen LogP contribution in [0.25, 0.3) is 0 Å². The van der Waals surface area contributed by atoms with E-state index < -0.39 is 0 Å². The molecule has 22 heavy (non-hydrogen) atoms. The number of ether oxygens (including phenoxy) is 2. The van der Waals surface area contributed by atoms with Crippen molar-refractivity contribution in [2.24, 2.45) is 0 Å². The summed E-state index contributed by atoms with van der Waals surface area (Å²) in [4.78, 5) is 11.8. The summed E-state index contributed by atoms with van der Waals surface area (Å²) in [5.74, 6) is 0.0387. The van der Waals surface area contributed by atoms with E-state index in [1.807, 2.05) is 13.8 Å². The Morgan fingerprint density at radius 3 is 2.32 bits per heavy atom. The number of hydrogen-bond acceptors (Lipinski definition) is 3. The van der Waals surface area contributed by atoms with Gasteiger partial charge in [0.1, 0.15) is 18.2 Å². The van der Waals surface area contributed by atoms with Gasteiger partial charge in [-0.1, -0.05) is 19.1 Å². The average Bonchev–Trinajstić information content (AvgIpc) is 2.54. The molecule has 0 aliphatic rings. The van der Waals surface area contributed by atoms with Crippen LogP contribution < -0.4 is 4.74 Å². The van der Waals surface area contributed by atoms with Crippen LogP contribution in [0.2, 0.25) is 0 Å². The minimum absolute atomic E-state index is 0.0955. The molecule has 0 amide bonds. The minimum Gasteiger partial charge on any atom is -0.489 e. The van der Waals surface area contributed by atoms with E-state index >= 15 is 0 Å². The molecule has 2 rings (SSSR count). The molecule has 116 valence electrons. The highest BCUT2D eigenvalue weighted by atomic mass is 19.1. The summed E-state index contributed by atoms with van der Waals surface area (Å²) in [5, 5.41) is 0. The zero-order valence-corrected chi connectivity index (χ0v) is 12.7. The molecule has 0 bridgehead atoms. The Labute approximate surface area is 129 Å². The number of carbonyl (C=O) groups is 1. The summed E-state index contributed by atoms with van der Waals surface area (Å²) in [5.41, 5.74) is 1.37. The van der Waals surface area contributed by atoms with E-state index in [1.165, 1.54) is 12.1 Å². The van der Waals surface area contributed by atoms with E-state index in [0.717, 1.165) is 12.0 Å². The topological polar surface area (TPSA) is 35.5 Å². The van der Waals surface area contributed by atoms with Crippen LogP contribution in [0.3, 0.4) is 0 Å². The lowest BCUT2D eigenvalue weighted by Gasteiger charge is -2.11. The molecule has 1 atom stereocenters. The van der Waals surface area contributed by atoms with Crippen molar-refractivity contribution < 1.29 is 18.7 Å². The maximum Gasteiger partial charge on any atom is 0.338 e. The van der Waals surface area contributed by atoms with Crippen LogP contribution in [0.4, 0.5) is 4.39 Å². The van der Waals surface area contributed by atoms with Crippen molar-refractivity contribution in [1.82, 2.24) is 0 Å². The molecule has 0 heterocycles. The molecule has 0 spiro atoms. The fourth-order valence-corrected chi connectivity index (χ4v) is 1.77. The third-order valence-corrected chi connectivity index (χ3v) is 3.29. The SMILES string of the molecule is CCC(C)OC(=O)c1ccc(OCc2ccc(F)cc2)cc1. The van der Waals surface area contributed by atoms with Gasteiger partial charge in [0, 0.05) is 0 Å². The Morgan fingerprint density at radius 2 is 1.73 bits per heavy atom. The molecule has 0 N–H and O–H groups in total. The van der Waals surface area contributed by atoms with Crippen LogP contribution in [0.15, 0.2) is 48.5 Å². The number of rotatable bonds is 6. The predicted octanol–water partition coefficient (Wildman–Crippen LogP) is 4.36. The highest BCUT2D eigenvalue weighted by Gasteiger charge is 2.10. The Morgan fingerprint density at radius 1 is 1.09 bits per heavy atom. The molecule has 3 nitrogen and oxygen atoms in total. The molecule has 0 aliphatic carbocycles. The smallest absolute Gasteiger partial charge is 0.338 e. The first-order chi connectivity index (χ1) is 10.6. The molecule has 4 heteroatoms. The summed E-state index contributed by atoms with van der Waals surface area (Å²) in [6.07, 6.45) is 0.687. The molecule has 2 aromatic rings. The zero-order chi connectivity index (χ0) is 15.9. The van der Waals surface area contributed by atoms with Crippen molar-refractivity contribution >= 4 is 5.97 Å². The predicted molar refractivity (Wildman–Crippen MR) is 82.3 cm³/mol. The van der Waals surface area contributed by atoms with Crippen LogP contribution in [-0.4, -0.2) is 12.1 Å². The summed E-state index contributed by atoms with van der Waals surface area (Å²) in [7, 11) is 0. The van der Waals surface area contributed by atoms with Crippen molar-refractivity contribution in [1.29, 1.82) is 0 Å². The van der Waals surface area contributed by atoms with Crippen molar-refractivity contribution in [3.63, 3.8) is 0 Å². The Kier molecular flexibility index (Phi) is 5.53. The van der Waals surface area contributed by atoms with Gasteiger partial charge in [-0.3, -0.25) is 0 Å². The quantitative estimate of drug-likeness (QED) is 0.744. The second-order valence-corrected chi connectivity index (χ2v) is 5.06. The van der Waals surface area contributed by atoms with Gasteiger partial charge >= 0.3 is 5.97 Å². The number of carbonyl (C=O) groups excluding carboxylic acids is 1. The first-order valence-electron chi connectivity index (χ1n) is 7.26. The lowest BCUT2D eigenvalue weighted by molar-refractivity contribution is 0.0334. The molecule has 0 radical (unpaired) electrons. The normalized spacial score (nSPS) is 11.8. The molecule has 2 aromatic carbocycles. The summed E-state index contributed by atoms with van der Waals surface area (Å²) >= 11 is 0. The van der Waals surface area contributed by atoms with Gasteiger partial charge in [-0.05, 0) is 55.3 Å². The van der Waals surface area contributed by atoms with Crippen LogP contribution in [0.1, 0.15) is 36.2 Å². The van der Waals surface area contributed by atoms with E-state index in [-0.39, 0.29) is 17.9 Å². The fourth-order valence-electron chi connectivity index (χ4n) is 1.77. The number of esters is 1. The third kappa shape index (κ3) is 4.58. The summed E-state index contributed by atoms with van der Waals surface area (Å²) in [6.45, 7) is 4.17. The van der Waals surface area contributed by atoms with Crippen LogP contribution in [0, 0.1) is 5.82 Å². The second kappa shape index (κ2) is 7.59. The van der Waals surface area contributed by atoms with Crippen molar-refractivity contribution in [2.45, 2.75) is 33.0 Å². The number of halogens is 1. The second-order valence-electron chi connectivity index (χ2n) is 5.06. The average molecular weight is 302 g/mol. The lowest BCUT2D eigenvalue weighted by atomic mass is 10.2. The third-order valence-electron chi connectivity index (χ3n) is 3.29. The van der Waals surface area contributed by atoms with Gasteiger partial charge in [0.15, 0.2) is 0 Å². The van der Waals surface area contributed by atoms with Gasteiger partial charge in [0.05, 0.1) is 11.7 Å². The number of hydrogen-bond donors (Lipinski definition) is 0. The summed E-state index contributed by atoms with van der Waals surface area (Å²) in [6, 6.07) is 12.9. The molecule has 0 saturated heterocycles. The Balaban J connectivity index is 1.91. The highest BCUT2D eigenvalue weighted by Crippen LogP contribution is 2.16. The molecule has 0 aliphatic heterocycles. The Hall–Kier alpha value is -2.36. The van der Waals surface area contributed by atoms with Crippen LogP contribution in [0.5, 0.6) is 5.75 Å². The van der Waals surface area contributed by atoms with Crippen molar-refractivity contribution in [3.05, 3.63) is 65.5 Å². The molecule has 1 unspecified atom stereocenters. The largest absolute Gasteiger partial charge is 0.489 e. The van der Waals surface area contributed by atoms with E-state index in [2.05, 4.69) is 0 Å². The maximum atomic E-state index is 12.8. The molecular weight excluding hydrogens is 283 g/mol. The maximum absolute atomic E-state index is 12.8. The van der Waals surface area contributed by atoms with E-state index in [9.17, 15) is 9.18 Å². The zero-order valence-electron chi connectivity index (χ0n) is 12.7. The standard InChI is InChI=1S/C18H19FO3/c1-3-13(2)22-18(20)15-6-10-17(11-7-15)21-12-14-4-8-16(19)9-5-14/h4-11,13H,3,12H2,1-2H3. The van der Waals surface area contributed by atoms with E-state index in [0.29, 0.717) is 17.9 Å². The van der Waals surface area contributed by atoms with Gasteiger partial charge in [0.25, 0.3) is 0 Å². The minimum atomic E-state index is -0.334. The molecule has 0 saturated carbocycles. The number of benzene rings is 2. The van der Waals surface area contributed by atoms with Gasteiger partial charge < -0.3 is 9.47 Å². The van der Waals surface area contributed by atoms with Crippen LogP contribution in [-0.2, 0) is 11.3 Å². The van der Waals surface area contributed by atoms with E-state index in [4.69, 9.17) is 9.47 Å².